The Bertz CT molecular complexity index is 2640. The van der Waals surface area contributed by atoms with Crippen LogP contribution in [0.1, 0.15) is 69.1 Å². The van der Waals surface area contributed by atoms with Crippen molar-refractivity contribution in [1.29, 1.82) is 0 Å². The van der Waals surface area contributed by atoms with Crippen LogP contribution < -0.4 is 14.8 Å². The molecule has 17 heteroatoms. The molecule has 3 aromatic carbocycles. The van der Waals surface area contributed by atoms with Crippen LogP contribution >= 0.6 is 23.2 Å². The summed E-state index contributed by atoms with van der Waals surface area (Å²) in [7, 11) is 6.02. The second-order valence-electron chi connectivity index (χ2n) is 19.1. The van der Waals surface area contributed by atoms with Gasteiger partial charge in [-0.25, -0.2) is 4.98 Å². The van der Waals surface area contributed by atoms with Crippen LogP contribution in [0.3, 0.4) is 0 Å². The van der Waals surface area contributed by atoms with Crippen molar-refractivity contribution in [3.05, 3.63) is 130 Å². The number of aromatic nitrogens is 3. The van der Waals surface area contributed by atoms with E-state index < -0.39 is 53.3 Å². The van der Waals surface area contributed by atoms with Crippen molar-refractivity contribution in [1.82, 2.24) is 29.6 Å². The normalized spacial score (nSPS) is 18.8. The number of carbonyl (C=O) groups is 4. The number of amides is 3. The van der Waals surface area contributed by atoms with E-state index in [-0.39, 0.29) is 25.5 Å². The maximum absolute atomic E-state index is 14.8. The van der Waals surface area contributed by atoms with Crippen molar-refractivity contribution in [2.24, 2.45) is 18.9 Å². The number of hydrogen-bond donors (Lipinski definition) is 3. The molecule has 0 bridgehead atoms. The number of carboxylic acid groups (broad SMARTS) is 1. The molecule has 5 aromatic rings. The number of piperidine rings is 1. The number of carbonyl (C=O) groups excluding carboxylic acids is 3. The fraction of sp³-hybridized carbons (Fsp3) is 0.423. The van der Waals surface area contributed by atoms with E-state index in [9.17, 15) is 29.5 Å². The number of halogens is 2. The fourth-order valence-electron chi connectivity index (χ4n) is 9.49. The fourth-order valence-corrected chi connectivity index (χ4v) is 9.78. The molecule has 3 amide bonds. The predicted molar refractivity (Wildman–Crippen MR) is 261 cm³/mol. The summed E-state index contributed by atoms with van der Waals surface area (Å²) < 4.78 is 15.5. The molecule has 0 spiro atoms. The molecule has 366 valence electrons. The lowest BCUT2D eigenvalue weighted by molar-refractivity contribution is -0.909. The lowest BCUT2D eigenvalue weighted by Gasteiger charge is -2.45. The predicted octanol–water partition coefficient (Wildman–Crippen LogP) is 7.36. The van der Waals surface area contributed by atoms with E-state index in [1.54, 1.807) is 61.2 Å². The van der Waals surface area contributed by atoms with Crippen LogP contribution in [0.2, 0.25) is 10.0 Å². The van der Waals surface area contributed by atoms with Gasteiger partial charge < -0.3 is 34.3 Å². The number of ether oxygens (including phenoxy) is 2. The molecule has 69 heavy (non-hydrogen) atoms. The molecule has 7 rings (SSSR count). The third kappa shape index (κ3) is 12.4. The summed E-state index contributed by atoms with van der Waals surface area (Å²) in [5.41, 5.74) is 1.99. The van der Waals surface area contributed by atoms with Gasteiger partial charge in [-0.2, -0.15) is 0 Å². The van der Waals surface area contributed by atoms with E-state index in [0.717, 1.165) is 39.5 Å². The van der Waals surface area contributed by atoms with Gasteiger partial charge in [-0.3, -0.25) is 29.3 Å². The second-order valence-corrected chi connectivity index (χ2v) is 20.0. The number of aryl methyl sites for hydroxylation is 1. The van der Waals surface area contributed by atoms with Crippen LogP contribution in [0.5, 0.6) is 11.5 Å². The number of rotatable bonds is 18. The Morgan fingerprint density at radius 1 is 1.00 bits per heavy atom. The summed E-state index contributed by atoms with van der Waals surface area (Å²) in [4.78, 5) is 65.6. The van der Waals surface area contributed by atoms with Crippen molar-refractivity contribution in [3.8, 4) is 22.8 Å². The minimum Gasteiger partial charge on any atom is -0.481 e. The lowest BCUT2D eigenvalue weighted by atomic mass is 9.82. The highest BCUT2D eigenvalue weighted by molar-refractivity contribution is 6.31. The van der Waals surface area contributed by atoms with Gasteiger partial charge in [0.15, 0.2) is 0 Å². The van der Waals surface area contributed by atoms with Crippen molar-refractivity contribution >= 4 is 46.9 Å². The van der Waals surface area contributed by atoms with Crippen molar-refractivity contribution in [2.75, 3.05) is 33.8 Å². The SMILES string of the molecule is C[C@H](CCc1ccc(Cl)cc1Oc1ccc(-c2cnc(CN(C)C)n2C)cc1)C(=O)N1[C@H](C(=O)N[C@@]2(Cc3ccc(Cl)cc3)CCCN(C(=O)[C@@H](CC(=O)O)Cc3cccc[n+]3O)C2)COC1(C)C. The minimum atomic E-state index is -1.14. The molecule has 4 atom stereocenters. The average Bonchev–Trinajstić information content (AvgIpc) is 3.83. The zero-order valence-corrected chi connectivity index (χ0v) is 41.5. The summed E-state index contributed by atoms with van der Waals surface area (Å²) >= 11 is 12.7. The molecule has 0 saturated carbocycles. The van der Waals surface area contributed by atoms with E-state index in [1.807, 2.05) is 76.7 Å². The molecule has 2 fully saturated rings. The highest BCUT2D eigenvalue weighted by atomic mass is 35.5. The summed E-state index contributed by atoms with van der Waals surface area (Å²) in [6.07, 6.45) is 5.10. The second kappa shape index (κ2) is 21.7. The molecule has 15 nitrogen and oxygen atoms in total. The van der Waals surface area contributed by atoms with E-state index >= 15 is 0 Å². The molecular weight excluding hydrogens is 922 g/mol. The maximum Gasteiger partial charge on any atom is 0.304 e. The summed E-state index contributed by atoms with van der Waals surface area (Å²) in [5.74, 6) is -1.57. The Kier molecular flexibility index (Phi) is 16.0. The molecule has 4 heterocycles. The van der Waals surface area contributed by atoms with E-state index in [1.165, 1.54) is 11.1 Å². The third-order valence-corrected chi connectivity index (χ3v) is 13.6. The number of imidazole rings is 1. The first kappa shape index (κ1) is 50.9. The highest BCUT2D eigenvalue weighted by Gasteiger charge is 2.50. The van der Waals surface area contributed by atoms with Crippen molar-refractivity contribution < 1.29 is 43.7 Å². The number of benzene rings is 3. The number of carboxylic acids is 1. The van der Waals surface area contributed by atoms with Crippen LogP contribution in [0, 0.1) is 11.8 Å². The summed E-state index contributed by atoms with van der Waals surface area (Å²) in [5, 5.41) is 24.6. The highest BCUT2D eigenvalue weighted by Crippen LogP contribution is 2.35. The number of pyridine rings is 1. The molecule has 2 saturated heterocycles. The van der Waals surface area contributed by atoms with Gasteiger partial charge in [0.25, 0.3) is 0 Å². The topological polar surface area (TPSA) is 171 Å². The molecule has 0 radical (unpaired) electrons. The van der Waals surface area contributed by atoms with Gasteiger partial charge in [-0.05, 0) is 126 Å². The Balaban J connectivity index is 1.06. The van der Waals surface area contributed by atoms with Gasteiger partial charge in [-0.1, -0.05) is 48.3 Å². The molecule has 0 unspecified atom stereocenters. The van der Waals surface area contributed by atoms with Crippen molar-refractivity contribution in [3.63, 3.8) is 0 Å². The van der Waals surface area contributed by atoms with Crippen LogP contribution in [0.4, 0.5) is 0 Å². The first-order chi connectivity index (χ1) is 32.8. The maximum atomic E-state index is 14.8. The largest absolute Gasteiger partial charge is 0.481 e. The number of nitrogens with one attached hydrogen (secondary N) is 1. The Labute approximate surface area is 413 Å². The molecule has 2 aliphatic heterocycles. The number of aliphatic carboxylic acids is 1. The molecule has 2 aliphatic rings. The Morgan fingerprint density at radius 3 is 2.42 bits per heavy atom. The van der Waals surface area contributed by atoms with Gasteiger partial charge >= 0.3 is 5.97 Å². The lowest BCUT2D eigenvalue weighted by Crippen LogP contribution is -2.65. The van der Waals surface area contributed by atoms with Gasteiger partial charge in [0, 0.05) is 64.9 Å². The van der Waals surface area contributed by atoms with Crippen LogP contribution in [-0.4, -0.2) is 109 Å². The molecule has 3 N–H and O–H groups in total. The first-order valence-corrected chi connectivity index (χ1v) is 24.0. The quantitative estimate of drug-likeness (QED) is 0.0596. The van der Waals surface area contributed by atoms with Crippen LogP contribution in [0.15, 0.2) is 97.3 Å². The summed E-state index contributed by atoms with van der Waals surface area (Å²) in [6, 6.07) is 24.5. The Hall–Kier alpha value is -6.00. The molecule has 2 aromatic heterocycles. The Morgan fingerprint density at radius 2 is 1.72 bits per heavy atom. The molecule has 0 aliphatic carbocycles. The zero-order valence-electron chi connectivity index (χ0n) is 40.0. The van der Waals surface area contributed by atoms with Gasteiger partial charge in [0.2, 0.25) is 29.6 Å². The number of hydrogen-bond acceptors (Lipinski definition) is 9. The smallest absolute Gasteiger partial charge is 0.304 e. The van der Waals surface area contributed by atoms with Crippen molar-refractivity contribution in [2.45, 2.75) is 89.6 Å². The van der Waals surface area contributed by atoms with Gasteiger partial charge in [0.1, 0.15) is 29.1 Å². The zero-order chi connectivity index (χ0) is 49.6. The van der Waals surface area contributed by atoms with Crippen LogP contribution in [0.25, 0.3) is 11.3 Å². The van der Waals surface area contributed by atoms with Crippen LogP contribution in [-0.2, 0) is 56.8 Å². The summed E-state index contributed by atoms with van der Waals surface area (Å²) in [6.45, 7) is 6.50. The van der Waals surface area contributed by atoms with E-state index in [2.05, 4.69) is 19.8 Å². The van der Waals surface area contributed by atoms with E-state index in [4.69, 9.17) is 32.7 Å². The average molecular weight is 984 g/mol. The van der Waals surface area contributed by atoms with Gasteiger partial charge in [-0.15, -0.1) is 0 Å². The third-order valence-electron chi connectivity index (χ3n) is 13.1. The number of likely N-dealkylation sites (tertiary alicyclic amines) is 1. The minimum absolute atomic E-state index is 0.00869. The standard InChI is InChI=1S/C52H61Cl2N7O8/c1-34(11-14-37-15-20-40(54)28-45(37)69-42-21-16-36(17-22-42)43-30-55-46(58(43)6)31-57(4)5)49(65)61-44(32-68-51(61,2)3)48(64)56-52(29-35-12-18-39(53)19-13-35)23-9-24-59(33-52)50(66)38(27-47(62)63)26-41-10-7-8-25-60(41)67/h7-8,10,12-13,15-22,25,28,30,34,38,44H,9,11,14,23-24,26-27,29,31-33H2,1-6H3,(H2-,56,62,63,64,67)/p+1/t34-,38-,44+,52-/m1/s1. The van der Waals surface area contributed by atoms with E-state index in [0.29, 0.717) is 65.9 Å². The van der Waals surface area contributed by atoms with Gasteiger partial charge in [0.05, 0.1) is 42.9 Å². The monoisotopic (exact) mass is 982 g/mol. The number of nitrogens with zero attached hydrogens (tertiary/aromatic N) is 6. The molecular formula is C52H62Cl2N7O8+. The first-order valence-electron chi connectivity index (χ1n) is 23.3.